The van der Waals surface area contributed by atoms with Gasteiger partial charge in [-0.05, 0) is 37.8 Å². The number of hydrogen-bond donors (Lipinski definition) is 0. The molecule has 1 radical (unpaired) electrons. The Bertz CT molecular complexity index is 514. The molecule has 125 valence electrons. The first-order valence-corrected chi connectivity index (χ1v) is 9.37. The molecule has 3 nitrogen and oxygen atoms in total. The maximum absolute atomic E-state index is 5.63. The lowest BCUT2D eigenvalue weighted by molar-refractivity contribution is -0.0266. The van der Waals surface area contributed by atoms with Crippen molar-refractivity contribution in [1.29, 1.82) is 0 Å². The van der Waals surface area contributed by atoms with Crippen molar-refractivity contribution in [3.63, 3.8) is 0 Å². The summed E-state index contributed by atoms with van der Waals surface area (Å²) < 4.78 is 5.63. The molecule has 4 rings (SSSR count). The van der Waals surface area contributed by atoms with Crippen LogP contribution in [0.4, 0.5) is 0 Å². The molecular formula is C20H29N2O. The van der Waals surface area contributed by atoms with Gasteiger partial charge in [0.05, 0.1) is 13.2 Å². The zero-order chi connectivity index (χ0) is 15.8. The van der Waals surface area contributed by atoms with Gasteiger partial charge in [-0.15, -0.1) is 0 Å². The predicted molar refractivity (Wildman–Crippen MR) is 92.3 cm³/mol. The van der Waals surface area contributed by atoms with Crippen LogP contribution in [0.3, 0.4) is 0 Å². The number of hydrogen-bond acceptors (Lipinski definition) is 3. The quantitative estimate of drug-likeness (QED) is 0.846. The molecule has 2 saturated carbocycles. The van der Waals surface area contributed by atoms with Gasteiger partial charge in [-0.25, -0.2) is 0 Å². The van der Waals surface area contributed by atoms with Crippen LogP contribution < -0.4 is 0 Å². The number of ether oxygens (including phenoxy) is 1. The van der Waals surface area contributed by atoms with Crippen LogP contribution in [-0.2, 0) is 10.2 Å². The highest BCUT2D eigenvalue weighted by molar-refractivity contribution is 5.36. The minimum absolute atomic E-state index is 0.226. The van der Waals surface area contributed by atoms with E-state index in [4.69, 9.17) is 9.72 Å². The van der Waals surface area contributed by atoms with Gasteiger partial charge in [-0.2, -0.15) is 0 Å². The summed E-state index contributed by atoms with van der Waals surface area (Å²) in [4.78, 5) is 7.53. The lowest BCUT2D eigenvalue weighted by atomic mass is 9.54. The normalized spacial score (nSPS) is 27.0. The molecule has 3 heteroatoms. The van der Waals surface area contributed by atoms with Gasteiger partial charge in [0, 0.05) is 41.9 Å². The Hall–Kier alpha value is -0.930. The van der Waals surface area contributed by atoms with Crippen molar-refractivity contribution in [1.82, 2.24) is 9.88 Å². The van der Waals surface area contributed by atoms with Crippen LogP contribution >= 0.6 is 0 Å². The second kappa shape index (κ2) is 6.18. The van der Waals surface area contributed by atoms with Crippen molar-refractivity contribution in [2.75, 3.05) is 26.3 Å². The van der Waals surface area contributed by atoms with Gasteiger partial charge in [0.2, 0.25) is 0 Å². The van der Waals surface area contributed by atoms with Crippen molar-refractivity contribution in [2.45, 2.75) is 62.8 Å². The Morgan fingerprint density at radius 1 is 1.04 bits per heavy atom. The molecule has 1 aromatic heterocycles. The van der Waals surface area contributed by atoms with Crippen LogP contribution in [0.15, 0.2) is 24.4 Å². The molecule has 2 aliphatic carbocycles. The average Bonchev–Trinajstić information content (AvgIpc) is 3.06. The minimum atomic E-state index is 0.226. The van der Waals surface area contributed by atoms with Crippen LogP contribution in [0.5, 0.6) is 0 Å². The Morgan fingerprint density at radius 3 is 2.35 bits per heavy atom. The van der Waals surface area contributed by atoms with E-state index >= 15 is 0 Å². The van der Waals surface area contributed by atoms with Gasteiger partial charge < -0.3 is 4.74 Å². The Labute approximate surface area is 140 Å². The highest BCUT2D eigenvalue weighted by atomic mass is 16.5. The molecule has 1 aliphatic heterocycles. The maximum atomic E-state index is 5.63. The van der Waals surface area contributed by atoms with Crippen molar-refractivity contribution in [2.24, 2.45) is 0 Å². The van der Waals surface area contributed by atoms with Gasteiger partial charge in [-0.3, -0.25) is 9.88 Å². The Balaban J connectivity index is 1.68. The van der Waals surface area contributed by atoms with E-state index in [2.05, 4.69) is 24.0 Å². The number of aromatic nitrogens is 1. The predicted octanol–water partition coefficient (Wildman–Crippen LogP) is 3.74. The Morgan fingerprint density at radius 2 is 1.78 bits per heavy atom. The molecule has 0 amide bonds. The second-order valence-corrected chi connectivity index (χ2v) is 7.61. The average molecular weight is 313 g/mol. The van der Waals surface area contributed by atoms with Crippen molar-refractivity contribution >= 4 is 0 Å². The summed E-state index contributed by atoms with van der Waals surface area (Å²) in [6, 6.07) is 6.45. The summed E-state index contributed by atoms with van der Waals surface area (Å²) in [7, 11) is 0. The van der Waals surface area contributed by atoms with Crippen LogP contribution in [0, 0.1) is 5.92 Å². The third kappa shape index (κ3) is 2.44. The summed E-state index contributed by atoms with van der Waals surface area (Å²) in [6.45, 7) is 6.43. The molecule has 1 saturated heterocycles. The Kier molecular flexibility index (Phi) is 4.19. The first-order valence-electron chi connectivity index (χ1n) is 9.37. The van der Waals surface area contributed by atoms with E-state index in [1.54, 1.807) is 5.92 Å². The second-order valence-electron chi connectivity index (χ2n) is 7.61. The fourth-order valence-corrected chi connectivity index (χ4v) is 5.32. The van der Waals surface area contributed by atoms with Crippen molar-refractivity contribution in [3.8, 4) is 0 Å². The molecule has 1 aromatic rings. The molecule has 23 heavy (non-hydrogen) atoms. The molecule has 0 atom stereocenters. The molecule has 3 fully saturated rings. The molecule has 0 unspecified atom stereocenters. The van der Waals surface area contributed by atoms with Gasteiger partial charge in [0.1, 0.15) is 0 Å². The first-order chi connectivity index (χ1) is 11.3. The fraction of sp³-hybridized carbons (Fsp3) is 0.700. The largest absolute Gasteiger partial charge is 0.379 e. The van der Waals surface area contributed by atoms with E-state index in [0.717, 1.165) is 26.3 Å². The van der Waals surface area contributed by atoms with Crippen LogP contribution in [0.25, 0.3) is 0 Å². The topological polar surface area (TPSA) is 25.4 Å². The van der Waals surface area contributed by atoms with Gasteiger partial charge >= 0.3 is 0 Å². The third-order valence-corrected chi connectivity index (χ3v) is 6.83. The van der Waals surface area contributed by atoms with E-state index in [9.17, 15) is 0 Å². The molecule has 3 aliphatic rings. The van der Waals surface area contributed by atoms with E-state index in [1.165, 1.54) is 50.6 Å². The van der Waals surface area contributed by atoms with Crippen LogP contribution in [0.2, 0.25) is 0 Å². The number of pyridine rings is 1. The molecule has 0 aromatic carbocycles. The van der Waals surface area contributed by atoms with E-state index in [-0.39, 0.29) is 5.41 Å². The lowest BCUT2D eigenvalue weighted by Gasteiger charge is -2.56. The molecule has 0 bridgehead atoms. The fourth-order valence-electron chi connectivity index (χ4n) is 5.32. The summed E-state index contributed by atoms with van der Waals surface area (Å²) in [6.07, 6.45) is 11.3. The molecular weight excluding hydrogens is 284 g/mol. The van der Waals surface area contributed by atoms with Crippen LogP contribution in [-0.4, -0.2) is 41.7 Å². The zero-order valence-corrected chi connectivity index (χ0v) is 14.4. The van der Waals surface area contributed by atoms with Crippen molar-refractivity contribution in [3.05, 3.63) is 36.0 Å². The lowest BCUT2D eigenvalue weighted by Crippen LogP contribution is -2.60. The first kappa shape index (κ1) is 15.6. The molecule has 0 N–H and O–H groups in total. The maximum Gasteiger partial charge on any atom is 0.0594 e. The van der Waals surface area contributed by atoms with E-state index in [1.807, 2.05) is 12.3 Å². The highest BCUT2D eigenvalue weighted by Crippen LogP contribution is 2.58. The smallest absolute Gasteiger partial charge is 0.0594 e. The van der Waals surface area contributed by atoms with Gasteiger partial charge in [0.25, 0.3) is 0 Å². The minimum Gasteiger partial charge on any atom is -0.379 e. The summed E-state index contributed by atoms with van der Waals surface area (Å²) in [5, 5.41) is 0. The summed E-state index contributed by atoms with van der Waals surface area (Å²) in [5.74, 6) is 1.70. The molecule has 2 heterocycles. The monoisotopic (exact) mass is 313 g/mol. The number of rotatable bonds is 4. The van der Waals surface area contributed by atoms with Crippen molar-refractivity contribution < 1.29 is 4.74 Å². The van der Waals surface area contributed by atoms with Crippen LogP contribution in [0.1, 0.15) is 57.6 Å². The van der Waals surface area contributed by atoms with E-state index < -0.39 is 0 Å². The summed E-state index contributed by atoms with van der Waals surface area (Å²) in [5.41, 5.74) is 1.83. The van der Waals surface area contributed by atoms with E-state index in [0.29, 0.717) is 5.54 Å². The van der Waals surface area contributed by atoms with Gasteiger partial charge in [0.15, 0.2) is 0 Å². The van der Waals surface area contributed by atoms with Gasteiger partial charge in [-0.1, -0.05) is 32.3 Å². The zero-order valence-electron chi connectivity index (χ0n) is 14.4. The third-order valence-electron chi connectivity index (χ3n) is 6.83. The molecule has 0 spiro atoms. The highest BCUT2D eigenvalue weighted by Gasteiger charge is 2.56. The number of nitrogens with zero attached hydrogens (tertiary/aromatic N) is 2. The number of morpholine rings is 1. The summed E-state index contributed by atoms with van der Waals surface area (Å²) >= 11 is 0. The SMILES string of the molecule is C[C](C1(c2ccccn2)CCC1)C1(N2CCOCC2)CCCC1. The standard InChI is InChI=1S/C20H29N2O/c1-17(19(8-6-9-19)18-7-2-5-12-21-18)20(10-3-4-11-20)22-13-15-23-16-14-22/h2,5,7,12H,3-4,6,8-11,13-16H2,1H3.